The Labute approximate surface area is 247 Å². The molecular formula is C30H41FN6O4S. The molecule has 2 aliphatic rings. The highest BCUT2D eigenvalue weighted by molar-refractivity contribution is 7.91. The number of anilines is 4. The predicted molar refractivity (Wildman–Crippen MR) is 164 cm³/mol. The lowest BCUT2D eigenvalue weighted by Crippen LogP contribution is -2.57. The summed E-state index contributed by atoms with van der Waals surface area (Å²) < 4.78 is 44.5. The predicted octanol–water partition coefficient (Wildman–Crippen LogP) is 4.08. The minimum Gasteiger partial charge on any atom is -0.394 e. The van der Waals surface area contributed by atoms with E-state index < -0.39 is 22.1 Å². The number of sulfone groups is 1. The van der Waals surface area contributed by atoms with Crippen LogP contribution in [0.3, 0.4) is 0 Å². The van der Waals surface area contributed by atoms with E-state index in [4.69, 9.17) is 14.8 Å². The molecular weight excluding hydrogens is 559 g/mol. The monoisotopic (exact) mass is 600 g/mol. The zero-order chi connectivity index (χ0) is 30.0. The van der Waals surface area contributed by atoms with Crippen LogP contribution in [0.1, 0.15) is 45.6 Å². The van der Waals surface area contributed by atoms with Crippen LogP contribution in [-0.2, 0) is 14.6 Å². The van der Waals surface area contributed by atoms with E-state index in [-0.39, 0.29) is 49.1 Å². The molecule has 0 bridgehead atoms. The maximum absolute atomic E-state index is 14.7. The number of pyridine rings is 1. The van der Waals surface area contributed by atoms with Gasteiger partial charge in [-0.15, -0.1) is 0 Å². The lowest BCUT2D eigenvalue weighted by molar-refractivity contribution is -0.0262. The summed E-state index contributed by atoms with van der Waals surface area (Å²) >= 11 is 0. The third kappa shape index (κ3) is 6.45. The topological polar surface area (TPSA) is 121 Å². The summed E-state index contributed by atoms with van der Waals surface area (Å²) in [4.78, 5) is 17.8. The number of ether oxygens (including phenoxy) is 1. The Balaban J connectivity index is 1.35. The van der Waals surface area contributed by atoms with Crippen molar-refractivity contribution in [3.05, 3.63) is 42.2 Å². The van der Waals surface area contributed by atoms with E-state index in [1.165, 1.54) is 5.56 Å². The number of fused-ring (bicyclic) bond motifs is 1. The molecule has 0 saturated carbocycles. The van der Waals surface area contributed by atoms with Gasteiger partial charge in [0.25, 0.3) is 0 Å². The molecule has 0 spiro atoms. The summed E-state index contributed by atoms with van der Waals surface area (Å²) in [6, 6.07) is 8.18. The van der Waals surface area contributed by atoms with E-state index in [1.807, 2.05) is 12.3 Å². The number of rotatable bonds is 11. The molecule has 2 N–H and O–H groups in total. The first kappa shape index (κ1) is 30.4. The maximum Gasteiger partial charge on any atom is 0.227 e. The van der Waals surface area contributed by atoms with Crippen molar-refractivity contribution in [1.29, 1.82) is 0 Å². The number of alkyl halides is 1. The van der Waals surface area contributed by atoms with Gasteiger partial charge < -0.3 is 25.0 Å². The van der Waals surface area contributed by atoms with E-state index in [0.29, 0.717) is 37.1 Å². The lowest BCUT2D eigenvalue weighted by Gasteiger charge is -2.48. The number of hydrogen-bond acceptors (Lipinski definition) is 10. The van der Waals surface area contributed by atoms with Crippen molar-refractivity contribution in [3.8, 4) is 0 Å². The molecule has 5 rings (SSSR count). The van der Waals surface area contributed by atoms with Crippen LogP contribution in [0, 0.1) is 5.92 Å². The largest absolute Gasteiger partial charge is 0.394 e. The Bertz CT molecular complexity index is 1510. The molecule has 228 valence electrons. The molecule has 2 saturated heterocycles. The van der Waals surface area contributed by atoms with Gasteiger partial charge in [-0.3, -0.25) is 0 Å². The van der Waals surface area contributed by atoms with Crippen LogP contribution < -0.4 is 15.1 Å². The highest BCUT2D eigenvalue weighted by Crippen LogP contribution is 2.39. The number of aromatic nitrogens is 3. The van der Waals surface area contributed by atoms with Gasteiger partial charge in [-0.25, -0.2) is 22.8 Å². The fourth-order valence-corrected chi connectivity index (χ4v) is 7.14. The fraction of sp³-hybridized carbons (Fsp3) is 0.567. The Kier molecular flexibility index (Phi) is 9.14. The van der Waals surface area contributed by atoms with Gasteiger partial charge in [-0.2, -0.15) is 4.98 Å². The summed E-state index contributed by atoms with van der Waals surface area (Å²) in [5.41, 5.74) is 2.25. The number of aliphatic hydroxyl groups is 1. The second-order valence-electron chi connectivity index (χ2n) is 11.5. The molecule has 1 aromatic carbocycles. The van der Waals surface area contributed by atoms with E-state index in [0.717, 1.165) is 16.5 Å². The van der Waals surface area contributed by atoms with Gasteiger partial charge in [0.05, 0.1) is 31.6 Å². The van der Waals surface area contributed by atoms with Crippen LogP contribution in [0.5, 0.6) is 0 Å². The van der Waals surface area contributed by atoms with Gasteiger partial charge in [-0.05, 0) is 48.4 Å². The van der Waals surface area contributed by atoms with Crippen LogP contribution in [-0.4, -0.2) is 91.1 Å². The van der Waals surface area contributed by atoms with E-state index >= 15 is 0 Å². The zero-order valence-corrected chi connectivity index (χ0v) is 25.5. The van der Waals surface area contributed by atoms with Crippen LogP contribution >= 0.6 is 0 Å². The van der Waals surface area contributed by atoms with Gasteiger partial charge in [0, 0.05) is 54.3 Å². The van der Waals surface area contributed by atoms with Gasteiger partial charge in [0.1, 0.15) is 27.6 Å². The average molecular weight is 601 g/mol. The molecule has 4 atom stereocenters. The smallest absolute Gasteiger partial charge is 0.227 e. The van der Waals surface area contributed by atoms with Crippen LogP contribution in [0.25, 0.3) is 10.8 Å². The molecule has 3 aromatic rings. The summed E-state index contributed by atoms with van der Waals surface area (Å²) in [7, 11) is -3.03. The molecule has 2 fully saturated rings. The zero-order valence-electron chi connectivity index (χ0n) is 24.7. The lowest BCUT2D eigenvalue weighted by atomic mass is 9.88. The van der Waals surface area contributed by atoms with Gasteiger partial charge >= 0.3 is 0 Å². The first-order valence-corrected chi connectivity index (χ1v) is 16.5. The normalized spacial score (nSPS) is 22.9. The fourth-order valence-electron chi connectivity index (χ4n) is 5.87. The molecule has 12 heteroatoms. The number of hydrogen-bond donors (Lipinski definition) is 2. The standard InChI is InChI=1S/C30H41FN6O4S/c1-5-42(39,40)18-21-16-37(20(21)4)26-7-6-22(19(2)3)23-14-29(33-15-24(23)26)34-28-8-10-32-30(35-28)36-11-9-27(25(31)17-36)41-13-12-38/h6-8,10,14-15,19-21,25,27,38H,5,9,11-13,16-18H2,1-4H3,(H,32,33,34,35)/t20-,21-,25?,27?/m1/s1. The number of nitrogens with zero attached hydrogens (tertiary/aromatic N) is 5. The van der Waals surface area contributed by atoms with E-state index in [1.54, 1.807) is 24.1 Å². The van der Waals surface area contributed by atoms with E-state index in [2.05, 4.69) is 53.1 Å². The Hall–Kier alpha value is -3.09. The summed E-state index contributed by atoms with van der Waals surface area (Å²) in [6.45, 7) is 9.48. The molecule has 0 radical (unpaired) electrons. The van der Waals surface area contributed by atoms with Crippen LogP contribution in [0.15, 0.2) is 36.7 Å². The van der Waals surface area contributed by atoms with Crippen molar-refractivity contribution in [2.24, 2.45) is 5.92 Å². The van der Waals surface area contributed by atoms with Crippen molar-refractivity contribution in [1.82, 2.24) is 15.0 Å². The third-order valence-corrected chi connectivity index (χ3v) is 10.3. The van der Waals surface area contributed by atoms with Crippen LogP contribution in [0.2, 0.25) is 0 Å². The average Bonchev–Trinajstić information content (AvgIpc) is 2.98. The third-order valence-electron chi connectivity index (χ3n) is 8.44. The molecule has 2 unspecified atom stereocenters. The van der Waals surface area contributed by atoms with Gasteiger partial charge in [0.2, 0.25) is 5.95 Å². The highest BCUT2D eigenvalue weighted by Gasteiger charge is 2.39. The van der Waals surface area contributed by atoms with Crippen molar-refractivity contribution < 1.29 is 22.7 Å². The highest BCUT2D eigenvalue weighted by atomic mass is 32.2. The van der Waals surface area contributed by atoms with E-state index in [9.17, 15) is 12.8 Å². The summed E-state index contributed by atoms with van der Waals surface area (Å²) in [5.74, 6) is 2.41. The molecule has 2 aromatic heterocycles. The first-order valence-electron chi connectivity index (χ1n) is 14.7. The Morgan fingerprint density at radius 1 is 1.17 bits per heavy atom. The first-order chi connectivity index (χ1) is 20.1. The number of halogens is 1. The maximum atomic E-state index is 14.7. The molecule has 2 aliphatic heterocycles. The Morgan fingerprint density at radius 3 is 2.67 bits per heavy atom. The second kappa shape index (κ2) is 12.6. The quantitative estimate of drug-likeness (QED) is 0.333. The molecule has 42 heavy (non-hydrogen) atoms. The number of nitrogens with one attached hydrogen (secondary N) is 1. The molecule has 0 amide bonds. The van der Waals surface area contributed by atoms with Crippen molar-refractivity contribution >= 4 is 43.9 Å². The summed E-state index contributed by atoms with van der Waals surface area (Å²) in [5, 5.41) is 14.4. The van der Waals surface area contributed by atoms with Crippen molar-refractivity contribution in [2.75, 3.05) is 59.5 Å². The van der Waals surface area contributed by atoms with Crippen LogP contribution in [0.4, 0.5) is 27.7 Å². The molecule has 10 nitrogen and oxygen atoms in total. The minimum absolute atomic E-state index is 0.113. The number of piperidine rings is 1. The molecule has 0 aliphatic carbocycles. The minimum atomic E-state index is -3.03. The van der Waals surface area contributed by atoms with Crippen molar-refractivity contribution in [2.45, 2.75) is 58.4 Å². The number of benzene rings is 1. The summed E-state index contributed by atoms with van der Waals surface area (Å²) in [6.07, 6.45) is 2.27. The van der Waals surface area contributed by atoms with Crippen molar-refractivity contribution in [3.63, 3.8) is 0 Å². The SMILES string of the molecule is CCS(=O)(=O)C[C@H]1CN(c2ccc(C(C)C)c3cc(Nc4ccnc(N5CCC(OCCO)C(F)C5)n4)ncc23)[C@@H]1C. The van der Waals surface area contributed by atoms with Gasteiger partial charge in [0.15, 0.2) is 0 Å². The Morgan fingerprint density at radius 2 is 1.98 bits per heavy atom. The number of aliphatic hydroxyl groups excluding tert-OH is 1. The molecule has 4 heterocycles. The second-order valence-corrected chi connectivity index (χ2v) is 13.9. The van der Waals surface area contributed by atoms with Gasteiger partial charge in [-0.1, -0.05) is 26.8 Å².